The van der Waals surface area contributed by atoms with Gasteiger partial charge in [-0.2, -0.15) is 0 Å². The SMILES string of the molecule is C/C=C1\CC2/C=C/C(C)(C)C3(O)OC(C/C(=C\C)C3O)CC(C(C)O)OC(=O)CC(O)CC3CC(O)C(C)(C)C(O)(CC(C1)O2)O3. The first-order valence-electron chi connectivity index (χ1n) is 16.7. The van der Waals surface area contributed by atoms with Crippen molar-refractivity contribution in [3.63, 3.8) is 0 Å². The van der Waals surface area contributed by atoms with Gasteiger partial charge in [0.05, 0.1) is 49.1 Å². The molecule has 4 aliphatic heterocycles. The number of cyclic esters (lactones) is 1. The van der Waals surface area contributed by atoms with Crippen molar-refractivity contribution in [1.29, 1.82) is 0 Å². The van der Waals surface area contributed by atoms with Crippen LogP contribution in [-0.4, -0.2) is 103 Å². The van der Waals surface area contributed by atoms with Crippen molar-refractivity contribution >= 4 is 5.97 Å². The van der Waals surface area contributed by atoms with Gasteiger partial charge in [0.1, 0.15) is 12.2 Å². The topological polar surface area (TPSA) is 175 Å². The third-order valence-corrected chi connectivity index (χ3v) is 10.7. The Hall–Kier alpha value is -1.67. The van der Waals surface area contributed by atoms with Crippen molar-refractivity contribution in [3.8, 4) is 0 Å². The lowest BCUT2D eigenvalue weighted by Crippen LogP contribution is -2.61. The van der Waals surface area contributed by atoms with Crippen LogP contribution in [0.5, 0.6) is 0 Å². The number of carbonyl (C=O) groups is 1. The third kappa shape index (κ3) is 7.63. The van der Waals surface area contributed by atoms with Crippen LogP contribution in [0.3, 0.4) is 0 Å². The maximum absolute atomic E-state index is 13.0. The van der Waals surface area contributed by atoms with Crippen LogP contribution in [0.1, 0.15) is 99.8 Å². The summed E-state index contributed by atoms with van der Waals surface area (Å²) in [5, 5.41) is 67.9. The van der Waals surface area contributed by atoms with Crippen LogP contribution < -0.4 is 0 Å². The van der Waals surface area contributed by atoms with Crippen LogP contribution in [0, 0.1) is 10.8 Å². The van der Waals surface area contributed by atoms with E-state index in [4.69, 9.17) is 18.9 Å². The summed E-state index contributed by atoms with van der Waals surface area (Å²) in [6.07, 6.45) is 0.599. The average Bonchev–Trinajstić information content (AvgIpc) is 2.95. The zero-order valence-electron chi connectivity index (χ0n) is 28.4. The van der Waals surface area contributed by atoms with Crippen LogP contribution in [-0.2, 0) is 23.7 Å². The summed E-state index contributed by atoms with van der Waals surface area (Å²) in [5.74, 6) is -4.63. The summed E-state index contributed by atoms with van der Waals surface area (Å²) in [7, 11) is 0. The molecule has 3 saturated heterocycles. The first-order chi connectivity index (χ1) is 21.3. The van der Waals surface area contributed by atoms with E-state index in [2.05, 4.69) is 0 Å². The molecule has 4 rings (SSSR count). The van der Waals surface area contributed by atoms with E-state index in [-0.39, 0.29) is 32.1 Å². The summed E-state index contributed by atoms with van der Waals surface area (Å²) in [6, 6.07) is 0. The highest BCUT2D eigenvalue weighted by atomic mass is 16.7. The number of hydrogen-bond acceptors (Lipinski definition) is 11. The molecule has 0 spiro atoms. The Kier molecular flexibility index (Phi) is 11.4. The van der Waals surface area contributed by atoms with Crippen molar-refractivity contribution in [1.82, 2.24) is 0 Å². The second-order valence-corrected chi connectivity index (χ2v) is 14.9. The number of aliphatic hydroxyl groups is 6. The highest BCUT2D eigenvalue weighted by Crippen LogP contribution is 2.49. The van der Waals surface area contributed by atoms with Crippen molar-refractivity contribution < 1.29 is 54.4 Å². The Morgan fingerprint density at radius 2 is 1.59 bits per heavy atom. The lowest BCUT2D eigenvalue weighted by Gasteiger charge is -2.53. The average molecular weight is 653 g/mol. The summed E-state index contributed by atoms with van der Waals surface area (Å²) in [5.41, 5.74) is -0.541. The number of carbonyl (C=O) groups excluding carboxylic acids is 1. The lowest BCUT2D eigenvalue weighted by molar-refractivity contribution is -0.348. The predicted molar refractivity (Wildman–Crippen MR) is 169 cm³/mol. The first kappa shape index (κ1) is 37.2. The molecule has 11 unspecified atom stereocenters. The zero-order chi connectivity index (χ0) is 34.2. The molecular formula is C35H56O11. The highest BCUT2D eigenvalue weighted by Gasteiger charge is 2.57. The molecule has 11 atom stereocenters. The standard InChI is InChI=1S/C35H56O11/c1-8-21-12-24-10-11-32(4,5)35(42)31(40)22(9-2)14-25(46-35)17-28(20(3)36)44-30(39)16-23(37)15-26-18-29(38)33(6,7)34(41,45-26)19-27(13-21)43-24/h8-11,20,23-29,31,36-38,40-42H,12-19H2,1-7H3/b11-10+,21-8+,22-9+. The van der Waals surface area contributed by atoms with Gasteiger partial charge < -0.3 is 49.6 Å². The first-order valence-corrected chi connectivity index (χ1v) is 16.7. The molecule has 262 valence electrons. The second-order valence-electron chi connectivity index (χ2n) is 14.9. The molecule has 0 radical (unpaired) electrons. The minimum Gasteiger partial charge on any atom is -0.459 e. The number of allylic oxidation sites excluding steroid dienone is 2. The number of hydrogen-bond donors (Lipinski definition) is 6. The summed E-state index contributed by atoms with van der Waals surface area (Å²) in [4.78, 5) is 13.0. The molecule has 0 aliphatic carbocycles. The molecule has 46 heavy (non-hydrogen) atoms. The van der Waals surface area contributed by atoms with E-state index in [0.717, 1.165) is 5.57 Å². The fourth-order valence-corrected chi connectivity index (χ4v) is 7.25. The van der Waals surface area contributed by atoms with Gasteiger partial charge in [-0.05, 0) is 45.6 Å². The molecule has 0 saturated carbocycles. The van der Waals surface area contributed by atoms with Crippen LogP contribution in [0.4, 0.5) is 0 Å². The Balaban J connectivity index is 1.74. The molecule has 6 bridgehead atoms. The Morgan fingerprint density at radius 1 is 0.891 bits per heavy atom. The molecule has 6 N–H and O–H groups in total. The molecule has 0 aromatic carbocycles. The van der Waals surface area contributed by atoms with Crippen molar-refractivity contribution in [3.05, 3.63) is 35.5 Å². The van der Waals surface area contributed by atoms with E-state index >= 15 is 0 Å². The van der Waals surface area contributed by atoms with Gasteiger partial charge in [-0.25, -0.2) is 0 Å². The number of fused-ring (bicyclic) bond motifs is 6. The van der Waals surface area contributed by atoms with Gasteiger partial charge in [0.25, 0.3) is 0 Å². The van der Waals surface area contributed by atoms with Gasteiger partial charge in [0, 0.05) is 36.5 Å². The summed E-state index contributed by atoms with van der Waals surface area (Å²) < 4.78 is 24.6. The van der Waals surface area contributed by atoms with E-state index < -0.39 is 89.7 Å². The molecule has 4 heterocycles. The quantitative estimate of drug-likeness (QED) is 0.182. The second kappa shape index (κ2) is 14.1. The Labute approximate surface area is 272 Å². The van der Waals surface area contributed by atoms with Gasteiger partial charge in [0.15, 0.2) is 5.79 Å². The van der Waals surface area contributed by atoms with Gasteiger partial charge >= 0.3 is 5.97 Å². The maximum Gasteiger partial charge on any atom is 0.308 e. The molecule has 11 nitrogen and oxygen atoms in total. The monoisotopic (exact) mass is 652 g/mol. The van der Waals surface area contributed by atoms with Gasteiger partial charge in [-0.1, -0.05) is 57.6 Å². The zero-order valence-corrected chi connectivity index (χ0v) is 28.4. The number of rotatable bonds is 1. The molecule has 0 amide bonds. The van der Waals surface area contributed by atoms with Crippen molar-refractivity contribution in [2.24, 2.45) is 10.8 Å². The number of aliphatic hydroxyl groups excluding tert-OH is 4. The van der Waals surface area contributed by atoms with E-state index in [1.165, 1.54) is 6.92 Å². The normalized spacial score (nSPS) is 45.5. The van der Waals surface area contributed by atoms with E-state index in [1.54, 1.807) is 46.8 Å². The lowest BCUT2D eigenvalue weighted by atomic mass is 9.70. The Bertz CT molecular complexity index is 1180. The smallest absolute Gasteiger partial charge is 0.308 e. The fourth-order valence-electron chi connectivity index (χ4n) is 7.25. The van der Waals surface area contributed by atoms with Crippen LogP contribution in [0.15, 0.2) is 35.5 Å². The van der Waals surface area contributed by atoms with Crippen molar-refractivity contribution in [2.45, 2.75) is 166 Å². The molecular weight excluding hydrogens is 596 g/mol. The summed E-state index contributed by atoms with van der Waals surface area (Å²) >= 11 is 0. The van der Waals surface area contributed by atoms with Crippen LogP contribution in [0.25, 0.3) is 0 Å². The Morgan fingerprint density at radius 3 is 2.22 bits per heavy atom. The third-order valence-electron chi connectivity index (χ3n) is 10.7. The number of ether oxygens (including phenoxy) is 4. The van der Waals surface area contributed by atoms with Gasteiger partial charge in [0.2, 0.25) is 5.79 Å². The van der Waals surface area contributed by atoms with E-state index in [0.29, 0.717) is 18.4 Å². The highest BCUT2D eigenvalue weighted by molar-refractivity contribution is 5.70. The van der Waals surface area contributed by atoms with E-state index in [1.807, 2.05) is 19.1 Å². The van der Waals surface area contributed by atoms with Gasteiger partial charge in [-0.15, -0.1) is 0 Å². The minimum atomic E-state index is -2.07. The fraction of sp³-hybridized carbons (Fsp3) is 0.800. The molecule has 3 fully saturated rings. The van der Waals surface area contributed by atoms with Crippen LogP contribution in [0.2, 0.25) is 0 Å². The molecule has 11 heteroatoms. The van der Waals surface area contributed by atoms with E-state index in [9.17, 15) is 35.4 Å². The van der Waals surface area contributed by atoms with Gasteiger partial charge in [-0.3, -0.25) is 4.79 Å². The number of esters is 1. The molecule has 0 aromatic heterocycles. The van der Waals surface area contributed by atoms with Crippen molar-refractivity contribution in [2.75, 3.05) is 0 Å². The maximum atomic E-state index is 13.0. The molecule has 0 aromatic rings. The summed E-state index contributed by atoms with van der Waals surface area (Å²) in [6.45, 7) is 12.2. The predicted octanol–water partition coefficient (Wildman–Crippen LogP) is 2.94. The van der Waals surface area contributed by atoms with Crippen LogP contribution >= 0.6 is 0 Å². The largest absolute Gasteiger partial charge is 0.459 e. The molecule has 4 aliphatic rings. The minimum absolute atomic E-state index is 0.0305.